The third-order valence-corrected chi connectivity index (χ3v) is 1.81. The highest BCUT2D eigenvalue weighted by Gasteiger charge is 2.20. The first kappa shape index (κ1) is 7.03. The Hall–Kier alpha value is -0.0800. The third-order valence-electron chi connectivity index (χ3n) is 1.81. The molecule has 1 atom stereocenters. The second-order valence-corrected chi connectivity index (χ2v) is 2.99. The summed E-state index contributed by atoms with van der Waals surface area (Å²) in [5, 5.41) is 3.37. The van der Waals surface area contributed by atoms with Crippen molar-refractivity contribution < 1.29 is 0 Å². The molecule has 0 bridgehead atoms. The topological polar surface area (TPSA) is 38.0 Å². The Kier molecular flexibility index (Phi) is 2.49. The summed E-state index contributed by atoms with van der Waals surface area (Å²) in [4.78, 5) is 0. The van der Waals surface area contributed by atoms with E-state index >= 15 is 0 Å². The van der Waals surface area contributed by atoms with Crippen molar-refractivity contribution in [2.45, 2.75) is 25.8 Å². The Morgan fingerprint density at radius 2 is 2.33 bits per heavy atom. The van der Waals surface area contributed by atoms with Crippen LogP contribution in [-0.2, 0) is 0 Å². The molecule has 2 heteroatoms. The molecular formula is C7H16N2. The molecule has 1 rings (SSSR count). The fourth-order valence-electron chi connectivity index (χ4n) is 0.773. The average Bonchev–Trinajstić information content (AvgIpc) is 2.65. The summed E-state index contributed by atoms with van der Waals surface area (Å²) in [5.41, 5.74) is 5.42. The van der Waals surface area contributed by atoms with Gasteiger partial charge in [-0.15, -0.1) is 0 Å². The van der Waals surface area contributed by atoms with Gasteiger partial charge in [-0.1, -0.05) is 0 Å². The summed E-state index contributed by atoms with van der Waals surface area (Å²) in [6, 6.07) is 0.505. The molecule has 0 heterocycles. The van der Waals surface area contributed by atoms with E-state index in [2.05, 4.69) is 12.2 Å². The van der Waals surface area contributed by atoms with Crippen LogP contribution in [0.15, 0.2) is 0 Å². The van der Waals surface area contributed by atoms with Crippen molar-refractivity contribution in [3.05, 3.63) is 0 Å². The quantitative estimate of drug-likeness (QED) is 0.572. The largest absolute Gasteiger partial charge is 0.329 e. The molecule has 2 nitrogen and oxygen atoms in total. The maximum atomic E-state index is 5.42. The van der Waals surface area contributed by atoms with Gasteiger partial charge >= 0.3 is 0 Å². The lowest BCUT2D eigenvalue weighted by Crippen LogP contribution is -2.34. The molecule has 0 amide bonds. The van der Waals surface area contributed by atoms with Gasteiger partial charge in [-0.2, -0.15) is 0 Å². The van der Waals surface area contributed by atoms with Crippen LogP contribution in [-0.4, -0.2) is 19.1 Å². The van der Waals surface area contributed by atoms with Crippen molar-refractivity contribution in [3.8, 4) is 0 Å². The van der Waals surface area contributed by atoms with E-state index in [1.54, 1.807) is 0 Å². The lowest BCUT2D eigenvalue weighted by Gasteiger charge is -2.09. The zero-order valence-corrected chi connectivity index (χ0v) is 6.06. The Balaban J connectivity index is 1.90. The monoisotopic (exact) mass is 128 g/mol. The van der Waals surface area contributed by atoms with E-state index in [0.717, 1.165) is 12.5 Å². The van der Waals surface area contributed by atoms with Crippen LogP contribution in [0, 0.1) is 5.92 Å². The number of hydrogen-bond donors (Lipinski definition) is 2. The fourth-order valence-corrected chi connectivity index (χ4v) is 0.773. The van der Waals surface area contributed by atoms with Gasteiger partial charge < -0.3 is 11.1 Å². The van der Waals surface area contributed by atoms with Gasteiger partial charge in [-0.3, -0.25) is 0 Å². The zero-order valence-electron chi connectivity index (χ0n) is 6.06. The standard InChI is InChI=1S/C7H16N2/c1-6(4-8)9-5-7-2-3-7/h6-7,9H,2-5,8H2,1H3/t6-/m1/s1. The molecule has 3 N–H and O–H groups in total. The average molecular weight is 128 g/mol. The van der Waals surface area contributed by atoms with Crippen molar-refractivity contribution in [2.24, 2.45) is 11.7 Å². The van der Waals surface area contributed by atoms with E-state index < -0.39 is 0 Å². The third kappa shape index (κ3) is 2.82. The summed E-state index contributed by atoms with van der Waals surface area (Å²) >= 11 is 0. The summed E-state index contributed by atoms with van der Waals surface area (Å²) in [5.74, 6) is 0.971. The van der Waals surface area contributed by atoms with Gasteiger partial charge in [0.1, 0.15) is 0 Å². The normalized spacial score (nSPS) is 22.0. The number of nitrogens with two attached hydrogens (primary N) is 1. The van der Waals surface area contributed by atoms with Crippen LogP contribution in [0.4, 0.5) is 0 Å². The molecule has 1 fully saturated rings. The molecule has 54 valence electrons. The van der Waals surface area contributed by atoms with Gasteiger partial charge in [0.25, 0.3) is 0 Å². The highest BCUT2D eigenvalue weighted by atomic mass is 14.9. The second kappa shape index (κ2) is 3.18. The van der Waals surface area contributed by atoms with Crippen LogP contribution in [0.25, 0.3) is 0 Å². The van der Waals surface area contributed by atoms with Crippen LogP contribution in [0.2, 0.25) is 0 Å². The van der Waals surface area contributed by atoms with Gasteiger partial charge in [0.15, 0.2) is 0 Å². The zero-order chi connectivity index (χ0) is 6.69. The Labute approximate surface area is 56.8 Å². The lowest BCUT2D eigenvalue weighted by atomic mass is 10.3. The van der Waals surface area contributed by atoms with Gasteiger partial charge in [0.05, 0.1) is 0 Å². The number of rotatable bonds is 4. The van der Waals surface area contributed by atoms with Gasteiger partial charge in [-0.05, 0) is 32.2 Å². The van der Waals surface area contributed by atoms with Crippen molar-refractivity contribution in [3.63, 3.8) is 0 Å². The first-order chi connectivity index (χ1) is 4.33. The lowest BCUT2D eigenvalue weighted by molar-refractivity contribution is 0.535. The molecule has 0 saturated heterocycles. The van der Waals surface area contributed by atoms with Crippen LogP contribution < -0.4 is 11.1 Å². The summed E-state index contributed by atoms with van der Waals surface area (Å²) < 4.78 is 0. The summed E-state index contributed by atoms with van der Waals surface area (Å²) in [6.07, 6.45) is 2.84. The minimum Gasteiger partial charge on any atom is -0.329 e. The molecule has 0 radical (unpaired) electrons. The van der Waals surface area contributed by atoms with E-state index in [9.17, 15) is 0 Å². The molecule has 0 spiro atoms. The Morgan fingerprint density at radius 1 is 1.67 bits per heavy atom. The van der Waals surface area contributed by atoms with Crippen molar-refractivity contribution >= 4 is 0 Å². The predicted molar refractivity (Wildman–Crippen MR) is 39.2 cm³/mol. The Morgan fingerprint density at radius 3 is 2.78 bits per heavy atom. The van der Waals surface area contributed by atoms with E-state index in [1.807, 2.05) is 0 Å². The molecule has 0 aliphatic heterocycles. The van der Waals surface area contributed by atoms with Crippen LogP contribution in [0.1, 0.15) is 19.8 Å². The van der Waals surface area contributed by atoms with Gasteiger partial charge in [0.2, 0.25) is 0 Å². The number of hydrogen-bond acceptors (Lipinski definition) is 2. The minimum absolute atomic E-state index is 0.505. The molecule has 0 aromatic heterocycles. The highest BCUT2D eigenvalue weighted by molar-refractivity contribution is 4.76. The summed E-state index contributed by atoms with van der Waals surface area (Å²) in [7, 11) is 0. The first-order valence-electron chi connectivity index (χ1n) is 3.76. The number of nitrogens with one attached hydrogen (secondary N) is 1. The SMILES string of the molecule is C[C@H](CN)NCC1CC1. The summed E-state index contributed by atoms with van der Waals surface area (Å²) in [6.45, 7) is 4.06. The minimum atomic E-state index is 0.505. The van der Waals surface area contributed by atoms with Gasteiger partial charge in [-0.25, -0.2) is 0 Å². The first-order valence-corrected chi connectivity index (χ1v) is 3.76. The molecule has 0 aromatic carbocycles. The van der Waals surface area contributed by atoms with E-state index in [0.29, 0.717) is 6.04 Å². The van der Waals surface area contributed by atoms with Crippen molar-refractivity contribution in [1.29, 1.82) is 0 Å². The van der Waals surface area contributed by atoms with Crippen LogP contribution in [0.3, 0.4) is 0 Å². The van der Waals surface area contributed by atoms with Gasteiger partial charge in [0, 0.05) is 12.6 Å². The van der Waals surface area contributed by atoms with E-state index in [4.69, 9.17) is 5.73 Å². The molecule has 1 saturated carbocycles. The Bertz CT molecular complexity index is 79.0. The smallest absolute Gasteiger partial charge is 0.0162 e. The van der Waals surface area contributed by atoms with E-state index in [-0.39, 0.29) is 0 Å². The van der Waals surface area contributed by atoms with Crippen LogP contribution in [0.5, 0.6) is 0 Å². The molecule has 9 heavy (non-hydrogen) atoms. The van der Waals surface area contributed by atoms with Crippen LogP contribution >= 0.6 is 0 Å². The highest BCUT2D eigenvalue weighted by Crippen LogP contribution is 2.27. The molecule has 1 aliphatic carbocycles. The maximum Gasteiger partial charge on any atom is 0.0162 e. The fraction of sp³-hybridized carbons (Fsp3) is 1.00. The molecule has 1 aliphatic rings. The predicted octanol–water partition coefficient (Wildman–Crippen LogP) is 0.333. The maximum absolute atomic E-state index is 5.42. The van der Waals surface area contributed by atoms with Crippen molar-refractivity contribution in [1.82, 2.24) is 5.32 Å². The second-order valence-electron chi connectivity index (χ2n) is 2.99. The molecule has 0 unspecified atom stereocenters. The van der Waals surface area contributed by atoms with Crippen molar-refractivity contribution in [2.75, 3.05) is 13.1 Å². The van der Waals surface area contributed by atoms with E-state index in [1.165, 1.54) is 19.4 Å². The molecular weight excluding hydrogens is 112 g/mol. The molecule has 0 aromatic rings.